The van der Waals surface area contributed by atoms with Crippen LogP contribution < -0.4 is 5.73 Å². The zero-order chi connectivity index (χ0) is 26.3. The predicted octanol–water partition coefficient (Wildman–Crippen LogP) is 9.11. The zero-order valence-corrected chi connectivity index (χ0v) is 23.3. The fourth-order valence-electron chi connectivity index (χ4n) is 2.80. The molecule has 3 rings (SSSR count). The third-order valence-corrected chi connectivity index (χ3v) is 5.36. The van der Waals surface area contributed by atoms with Crippen molar-refractivity contribution in [2.75, 3.05) is 12.8 Å². The lowest BCUT2D eigenvalue weighted by Gasteiger charge is -2.04. The summed E-state index contributed by atoms with van der Waals surface area (Å²) in [5.74, 6) is 0. The van der Waals surface area contributed by atoms with Gasteiger partial charge in [-0.1, -0.05) is 104 Å². The third-order valence-electron chi connectivity index (χ3n) is 4.65. The van der Waals surface area contributed by atoms with Gasteiger partial charge in [-0.2, -0.15) is 0 Å². The van der Waals surface area contributed by atoms with E-state index in [1.165, 1.54) is 40.7 Å². The molecular formula is C32H44N2S. The monoisotopic (exact) mass is 488 g/mol. The average Bonchev–Trinajstić information content (AvgIpc) is 2.86. The number of hydrogen-bond acceptors (Lipinski definition) is 3. The molecule has 1 aromatic carbocycles. The van der Waals surface area contributed by atoms with Crippen LogP contribution in [0.5, 0.6) is 0 Å². The Bertz CT molecular complexity index is 994. The molecule has 0 spiro atoms. The van der Waals surface area contributed by atoms with Crippen molar-refractivity contribution in [3.63, 3.8) is 0 Å². The summed E-state index contributed by atoms with van der Waals surface area (Å²) in [6.07, 6.45) is 26.9. The molecule has 0 radical (unpaired) electrons. The maximum atomic E-state index is 4.85. The van der Waals surface area contributed by atoms with Crippen LogP contribution in [0.25, 0.3) is 11.0 Å². The van der Waals surface area contributed by atoms with Crippen LogP contribution >= 0.6 is 11.8 Å². The second-order valence-electron chi connectivity index (χ2n) is 7.89. The molecule has 3 heteroatoms. The van der Waals surface area contributed by atoms with Gasteiger partial charge in [0, 0.05) is 17.3 Å². The number of nitrogens with zero attached hydrogens (tertiary/aromatic N) is 1. The molecule has 0 fully saturated rings. The standard InChI is InChI=1S/C14H16.C9H11NS.C7H10.C2H7N/c1-3-4-5-6-7-10-14-11-8-9-13(2)12-14;1-7-6-10-5-4-9(7)8(2)11-3;1-7-5-3-2-4-6-7;1-2-3/h3-12H,1-2H3;4-6H,2H2,1,3H3;2-3,5H,4,6H2,1H3;2-3H2,1H3/b4-3-,6-5-,10-7+;;;. The van der Waals surface area contributed by atoms with Gasteiger partial charge in [0.05, 0.1) is 0 Å². The number of benzene rings is 1. The molecule has 0 aliphatic heterocycles. The Labute approximate surface area is 219 Å². The van der Waals surface area contributed by atoms with Crippen LogP contribution in [0.3, 0.4) is 0 Å². The smallest absolute Gasteiger partial charge is 0.0303 e. The van der Waals surface area contributed by atoms with Crippen LogP contribution in [-0.2, 0) is 0 Å². The van der Waals surface area contributed by atoms with Crippen LogP contribution in [0.15, 0.2) is 103 Å². The minimum atomic E-state index is 0.750. The number of aryl methyl sites for hydroxylation is 2. The van der Waals surface area contributed by atoms with Crippen molar-refractivity contribution >= 4 is 22.7 Å². The summed E-state index contributed by atoms with van der Waals surface area (Å²) < 4.78 is 0. The van der Waals surface area contributed by atoms with E-state index in [9.17, 15) is 0 Å². The first-order valence-corrected chi connectivity index (χ1v) is 13.3. The van der Waals surface area contributed by atoms with Crippen molar-refractivity contribution in [1.82, 2.24) is 4.98 Å². The molecule has 2 nitrogen and oxygen atoms in total. The maximum Gasteiger partial charge on any atom is 0.0303 e. The minimum Gasteiger partial charge on any atom is -0.331 e. The fourth-order valence-corrected chi connectivity index (χ4v) is 3.25. The molecule has 0 saturated carbocycles. The van der Waals surface area contributed by atoms with Gasteiger partial charge >= 0.3 is 0 Å². The summed E-state index contributed by atoms with van der Waals surface area (Å²) in [6.45, 7) is 14.9. The Balaban J connectivity index is 0.000000489. The third kappa shape index (κ3) is 17.2. The van der Waals surface area contributed by atoms with Crippen molar-refractivity contribution in [3.8, 4) is 0 Å². The van der Waals surface area contributed by atoms with Crippen molar-refractivity contribution in [1.29, 1.82) is 0 Å². The Kier molecular flexibility index (Phi) is 19.9. The first kappa shape index (κ1) is 32.1. The summed E-state index contributed by atoms with van der Waals surface area (Å²) in [5.41, 5.74) is 11.3. The molecule has 0 unspecified atom stereocenters. The largest absolute Gasteiger partial charge is 0.331 e. The molecule has 0 saturated heterocycles. The number of allylic oxidation sites excluding steroid dienone is 9. The zero-order valence-electron chi connectivity index (χ0n) is 22.5. The summed E-state index contributed by atoms with van der Waals surface area (Å²) in [7, 11) is 0. The van der Waals surface area contributed by atoms with Gasteiger partial charge in [-0.3, -0.25) is 4.98 Å². The Hall–Kier alpha value is -2.88. The summed E-state index contributed by atoms with van der Waals surface area (Å²) in [4.78, 5) is 5.11. The first-order valence-electron chi connectivity index (χ1n) is 12.1. The number of aromatic nitrogens is 1. The van der Waals surface area contributed by atoms with Gasteiger partial charge in [-0.15, -0.1) is 11.8 Å². The lowest BCUT2D eigenvalue weighted by molar-refractivity contribution is 0.962. The topological polar surface area (TPSA) is 38.9 Å². The second kappa shape index (κ2) is 21.6. The predicted molar refractivity (Wildman–Crippen MR) is 163 cm³/mol. The molecule has 1 heterocycles. The molecule has 1 aromatic heterocycles. The molecule has 1 aliphatic rings. The van der Waals surface area contributed by atoms with Gasteiger partial charge < -0.3 is 5.73 Å². The Morgan fingerprint density at radius 1 is 1.11 bits per heavy atom. The molecule has 35 heavy (non-hydrogen) atoms. The van der Waals surface area contributed by atoms with Crippen molar-refractivity contribution in [3.05, 3.63) is 126 Å². The first-order chi connectivity index (χ1) is 16.9. The second-order valence-corrected chi connectivity index (χ2v) is 8.79. The highest BCUT2D eigenvalue weighted by Gasteiger charge is 1.99. The van der Waals surface area contributed by atoms with Crippen LogP contribution in [0.2, 0.25) is 0 Å². The van der Waals surface area contributed by atoms with Gasteiger partial charge in [0.2, 0.25) is 0 Å². The number of hydrogen-bond donors (Lipinski definition) is 1. The summed E-state index contributed by atoms with van der Waals surface area (Å²) >= 11 is 1.67. The van der Waals surface area contributed by atoms with E-state index in [0.29, 0.717) is 0 Å². The highest BCUT2D eigenvalue weighted by molar-refractivity contribution is 8.07. The van der Waals surface area contributed by atoms with Crippen LogP contribution in [0, 0.1) is 13.8 Å². The fraction of sp³-hybridized carbons (Fsp3) is 0.281. The molecule has 188 valence electrons. The van der Waals surface area contributed by atoms with E-state index >= 15 is 0 Å². The summed E-state index contributed by atoms with van der Waals surface area (Å²) in [6, 6.07) is 10.4. The van der Waals surface area contributed by atoms with E-state index in [0.717, 1.165) is 11.4 Å². The van der Waals surface area contributed by atoms with E-state index in [1.807, 2.05) is 63.6 Å². The SMILES string of the molecule is C=C(SC)c1ccncc1C.CC1=CC=CCC1.CCN.C\C=C/C=C\C=C\c1cccc(C)c1. The number of nitrogens with two attached hydrogens (primary N) is 1. The summed E-state index contributed by atoms with van der Waals surface area (Å²) in [5, 5.41) is 0. The van der Waals surface area contributed by atoms with Crippen LogP contribution in [0.1, 0.15) is 55.9 Å². The van der Waals surface area contributed by atoms with Gasteiger partial charge in [-0.05, 0) is 76.1 Å². The molecule has 2 aromatic rings. The van der Waals surface area contributed by atoms with Gasteiger partial charge in [-0.25, -0.2) is 0 Å². The van der Waals surface area contributed by atoms with E-state index in [2.05, 4.69) is 80.1 Å². The van der Waals surface area contributed by atoms with E-state index in [1.54, 1.807) is 18.0 Å². The quantitative estimate of drug-likeness (QED) is 0.426. The highest BCUT2D eigenvalue weighted by atomic mass is 32.2. The molecule has 0 atom stereocenters. The molecule has 0 amide bonds. The number of pyridine rings is 1. The van der Waals surface area contributed by atoms with E-state index < -0.39 is 0 Å². The Morgan fingerprint density at radius 3 is 2.34 bits per heavy atom. The molecule has 0 bridgehead atoms. The number of rotatable bonds is 5. The Morgan fingerprint density at radius 2 is 1.83 bits per heavy atom. The molecule has 1 aliphatic carbocycles. The molecular weight excluding hydrogens is 444 g/mol. The van der Waals surface area contributed by atoms with Crippen molar-refractivity contribution in [2.24, 2.45) is 5.73 Å². The van der Waals surface area contributed by atoms with Gasteiger partial charge in [0.1, 0.15) is 0 Å². The highest BCUT2D eigenvalue weighted by Crippen LogP contribution is 2.24. The van der Waals surface area contributed by atoms with E-state index in [-0.39, 0.29) is 0 Å². The van der Waals surface area contributed by atoms with Crippen LogP contribution in [-0.4, -0.2) is 17.8 Å². The maximum absolute atomic E-state index is 4.85. The van der Waals surface area contributed by atoms with Crippen molar-refractivity contribution in [2.45, 2.75) is 47.5 Å². The molecule has 2 N–H and O–H groups in total. The minimum absolute atomic E-state index is 0.750. The lowest BCUT2D eigenvalue weighted by atomic mass is 10.1. The average molecular weight is 489 g/mol. The van der Waals surface area contributed by atoms with Crippen LogP contribution in [0.4, 0.5) is 0 Å². The lowest BCUT2D eigenvalue weighted by Crippen LogP contribution is -1.87. The number of thioether (sulfide) groups is 1. The van der Waals surface area contributed by atoms with Crippen molar-refractivity contribution < 1.29 is 0 Å². The van der Waals surface area contributed by atoms with E-state index in [4.69, 9.17) is 5.73 Å². The normalized spacial score (nSPS) is 12.3. The van der Waals surface area contributed by atoms with Gasteiger partial charge in [0.15, 0.2) is 0 Å². The van der Waals surface area contributed by atoms with Gasteiger partial charge in [0.25, 0.3) is 0 Å².